The molecular weight excluding hydrogens is 245 g/mol. The fourth-order valence-corrected chi connectivity index (χ4v) is 1.57. The summed E-state index contributed by atoms with van der Waals surface area (Å²) in [5, 5.41) is 6.37. The van der Waals surface area contributed by atoms with E-state index >= 15 is 0 Å². The zero-order valence-electron chi connectivity index (χ0n) is 9.57. The SMILES string of the molecule is CNc1ncccc1Cn1ccc(C(F)(F)F)n1. The second-order valence-electron chi connectivity index (χ2n) is 3.66. The molecule has 18 heavy (non-hydrogen) atoms. The van der Waals surface area contributed by atoms with Crippen molar-refractivity contribution in [3.8, 4) is 0 Å². The normalized spacial score (nSPS) is 11.6. The number of nitrogens with zero attached hydrogens (tertiary/aromatic N) is 3. The van der Waals surface area contributed by atoms with Crippen LogP contribution in [0.25, 0.3) is 0 Å². The molecule has 2 aromatic rings. The Morgan fingerprint density at radius 2 is 2.11 bits per heavy atom. The van der Waals surface area contributed by atoms with Crippen molar-refractivity contribution in [2.75, 3.05) is 12.4 Å². The number of rotatable bonds is 3. The molecule has 0 aliphatic carbocycles. The fraction of sp³-hybridized carbons (Fsp3) is 0.273. The predicted octanol–water partition coefficient (Wildman–Crippen LogP) is 2.39. The number of alkyl halides is 3. The van der Waals surface area contributed by atoms with Crippen molar-refractivity contribution in [2.45, 2.75) is 12.7 Å². The molecule has 0 aliphatic heterocycles. The first-order valence-electron chi connectivity index (χ1n) is 5.23. The number of anilines is 1. The Morgan fingerprint density at radius 3 is 2.72 bits per heavy atom. The van der Waals surface area contributed by atoms with E-state index in [-0.39, 0.29) is 6.54 Å². The van der Waals surface area contributed by atoms with Gasteiger partial charge < -0.3 is 5.32 Å². The highest BCUT2D eigenvalue weighted by Gasteiger charge is 2.33. The molecule has 2 heterocycles. The first-order valence-corrected chi connectivity index (χ1v) is 5.23. The second-order valence-corrected chi connectivity index (χ2v) is 3.66. The van der Waals surface area contributed by atoms with Crippen molar-refractivity contribution in [1.29, 1.82) is 0 Å². The summed E-state index contributed by atoms with van der Waals surface area (Å²) < 4.78 is 38.4. The van der Waals surface area contributed by atoms with Crippen LogP contribution in [0.5, 0.6) is 0 Å². The van der Waals surface area contributed by atoms with Gasteiger partial charge in [0, 0.05) is 25.0 Å². The minimum absolute atomic E-state index is 0.236. The fourth-order valence-electron chi connectivity index (χ4n) is 1.57. The van der Waals surface area contributed by atoms with Crippen LogP contribution in [0.4, 0.5) is 19.0 Å². The summed E-state index contributed by atoms with van der Waals surface area (Å²) in [6.07, 6.45) is -1.50. The molecule has 0 spiro atoms. The Hall–Kier alpha value is -2.05. The summed E-state index contributed by atoms with van der Waals surface area (Å²) in [5.74, 6) is 0.626. The molecule has 96 valence electrons. The number of nitrogens with one attached hydrogen (secondary N) is 1. The maximum Gasteiger partial charge on any atom is 0.435 e. The molecule has 2 aromatic heterocycles. The summed E-state index contributed by atoms with van der Waals surface area (Å²) in [7, 11) is 1.70. The van der Waals surface area contributed by atoms with E-state index in [0.717, 1.165) is 11.6 Å². The van der Waals surface area contributed by atoms with Gasteiger partial charge in [0.1, 0.15) is 5.82 Å². The Morgan fingerprint density at radius 1 is 1.33 bits per heavy atom. The third-order valence-electron chi connectivity index (χ3n) is 2.39. The minimum atomic E-state index is -4.41. The van der Waals surface area contributed by atoms with Crippen LogP contribution in [0, 0.1) is 0 Å². The van der Waals surface area contributed by atoms with Crippen molar-refractivity contribution in [3.05, 3.63) is 41.9 Å². The van der Waals surface area contributed by atoms with Gasteiger partial charge in [0.2, 0.25) is 0 Å². The van der Waals surface area contributed by atoms with Crippen LogP contribution in [0.3, 0.4) is 0 Å². The molecule has 1 N–H and O–H groups in total. The molecule has 0 saturated heterocycles. The summed E-state index contributed by atoms with van der Waals surface area (Å²) in [6.45, 7) is 0.236. The lowest BCUT2D eigenvalue weighted by atomic mass is 10.2. The maximum absolute atomic E-state index is 12.4. The lowest BCUT2D eigenvalue weighted by molar-refractivity contribution is -0.141. The van der Waals surface area contributed by atoms with Crippen LogP contribution in [-0.2, 0) is 12.7 Å². The lowest BCUT2D eigenvalue weighted by Crippen LogP contribution is -2.09. The van der Waals surface area contributed by atoms with Crippen LogP contribution in [0.2, 0.25) is 0 Å². The molecule has 7 heteroatoms. The van der Waals surface area contributed by atoms with Gasteiger partial charge in [-0.05, 0) is 12.1 Å². The lowest BCUT2D eigenvalue weighted by Gasteiger charge is -2.07. The zero-order valence-corrected chi connectivity index (χ0v) is 9.57. The number of aromatic nitrogens is 3. The van der Waals surface area contributed by atoms with Crippen molar-refractivity contribution >= 4 is 5.82 Å². The molecule has 0 radical (unpaired) electrons. The molecule has 0 aromatic carbocycles. The van der Waals surface area contributed by atoms with Gasteiger partial charge in [-0.1, -0.05) is 6.07 Å². The quantitative estimate of drug-likeness (QED) is 0.916. The average Bonchev–Trinajstić information content (AvgIpc) is 2.78. The topological polar surface area (TPSA) is 42.7 Å². The van der Waals surface area contributed by atoms with Crippen molar-refractivity contribution in [1.82, 2.24) is 14.8 Å². The average molecular weight is 256 g/mol. The highest BCUT2D eigenvalue weighted by atomic mass is 19.4. The molecule has 0 fully saturated rings. The van der Waals surface area contributed by atoms with Gasteiger partial charge in [-0.15, -0.1) is 0 Å². The van der Waals surface area contributed by atoms with E-state index in [0.29, 0.717) is 5.82 Å². The largest absolute Gasteiger partial charge is 0.435 e. The molecule has 2 rings (SSSR count). The Kier molecular flexibility index (Phi) is 3.22. The molecule has 0 amide bonds. The first kappa shape index (κ1) is 12.4. The van der Waals surface area contributed by atoms with Crippen molar-refractivity contribution in [3.63, 3.8) is 0 Å². The van der Waals surface area contributed by atoms with Crippen LogP contribution in [0.1, 0.15) is 11.3 Å². The third kappa shape index (κ3) is 2.61. The van der Waals surface area contributed by atoms with E-state index in [1.165, 1.54) is 10.9 Å². The van der Waals surface area contributed by atoms with Crippen molar-refractivity contribution < 1.29 is 13.2 Å². The second kappa shape index (κ2) is 4.67. The van der Waals surface area contributed by atoms with E-state index < -0.39 is 11.9 Å². The van der Waals surface area contributed by atoms with Gasteiger partial charge in [-0.2, -0.15) is 18.3 Å². The Bertz CT molecular complexity index is 533. The molecule has 4 nitrogen and oxygen atoms in total. The van der Waals surface area contributed by atoms with Gasteiger partial charge in [0.25, 0.3) is 0 Å². The van der Waals surface area contributed by atoms with Crippen molar-refractivity contribution in [2.24, 2.45) is 0 Å². The number of halogens is 3. The van der Waals surface area contributed by atoms with Gasteiger partial charge in [-0.3, -0.25) is 4.68 Å². The standard InChI is InChI=1S/C11H11F3N4/c1-15-10-8(3-2-5-16-10)7-18-6-4-9(17-18)11(12,13)14/h2-6H,7H2,1H3,(H,15,16). The summed E-state index contributed by atoms with van der Waals surface area (Å²) in [6, 6.07) is 4.47. The van der Waals surface area contributed by atoms with Gasteiger partial charge in [-0.25, -0.2) is 4.98 Å². The van der Waals surface area contributed by atoms with E-state index in [4.69, 9.17) is 0 Å². The summed E-state index contributed by atoms with van der Waals surface area (Å²) in [5.41, 5.74) is -0.116. The highest BCUT2D eigenvalue weighted by Crippen LogP contribution is 2.27. The highest BCUT2D eigenvalue weighted by molar-refractivity contribution is 5.42. The molecule has 0 bridgehead atoms. The van der Waals surface area contributed by atoms with E-state index in [1.807, 2.05) is 0 Å². The first-order chi connectivity index (χ1) is 8.50. The molecule has 0 saturated carbocycles. The molecular formula is C11H11F3N4. The van der Waals surface area contributed by atoms with Gasteiger partial charge in [0.15, 0.2) is 5.69 Å². The van der Waals surface area contributed by atoms with Crippen LogP contribution in [0.15, 0.2) is 30.6 Å². The van der Waals surface area contributed by atoms with E-state index in [2.05, 4.69) is 15.4 Å². The Labute approximate surface area is 101 Å². The Balaban J connectivity index is 2.22. The molecule has 0 atom stereocenters. The van der Waals surface area contributed by atoms with E-state index in [9.17, 15) is 13.2 Å². The monoisotopic (exact) mass is 256 g/mol. The van der Waals surface area contributed by atoms with E-state index in [1.54, 1.807) is 25.4 Å². The third-order valence-corrected chi connectivity index (χ3v) is 2.39. The minimum Gasteiger partial charge on any atom is -0.373 e. The zero-order chi connectivity index (χ0) is 13.2. The smallest absolute Gasteiger partial charge is 0.373 e. The van der Waals surface area contributed by atoms with Crippen LogP contribution < -0.4 is 5.32 Å². The van der Waals surface area contributed by atoms with Gasteiger partial charge >= 0.3 is 6.18 Å². The van der Waals surface area contributed by atoms with Gasteiger partial charge in [0.05, 0.1) is 6.54 Å². The predicted molar refractivity (Wildman–Crippen MR) is 60.1 cm³/mol. The number of hydrogen-bond donors (Lipinski definition) is 1. The van der Waals surface area contributed by atoms with Crippen LogP contribution >= 0.6 is 0 Å². The maximum atomic E-state index is 12.4. The number of hydrogen-bond acceptors (Lipinski definition) is 3. The van der Waals surface area contributed by atoms with Crippen LogP contribution in [-0.4, -0.2) is 21.8 Å². The molecule has 0 aliphatic rings. The number of pyridine rings is 1. The molecule has 0 unspecified atom stereocenters. The summed E-state index contributed by atoms with van der Waals surface area (Å²) in [4.78, 5) is 4.07. The summed E-state index contributed by atoms with van der Waals surface area (Å²) >= 11 is 0.